The van der Waals surface area contributed by atoms with Crippen LogP contribution in [0.3, 0.4) is 0 Å². The maximum atomic E-state index is 12.9. The zero-order chi connectivity index (χ0) is 17.5. The van der Waals surface area contributed by atoms with Crippen molar-refractivity contribution in [1.82, 2.24) is 0 Å². The molecule has 0 radical (unpaired) electrons. The van der Waals surface area contributed by atoms with Gasteiger partial charge in [0.15, 0.2) is 4.75 Å². The van der Waals surface area contributed by atoms with E-state index in [0.717, 1.165) is 16.1 Å². The number of hydrogen-bond donors (Lipinski definition) is 1. The SMILES string of the molecule is Cc1cc(Cl)ccc1NC(=O)C1(C)Sc2ccccc2N(C)C1=O. The molecule has 2 aromatic carbocycles. The van der Waals surface area contributed by atoms with Crippen LogP contribution < -0.4 is 10.2 Å². The van der Waals surface area contributed by atoms with E-state index in [0.29, 0.717) is 10.7 Å². The molecular weight excluding hydrogens is 344 g/mol. The first-order valence-corrected chi connectivity index (χ1v) is 8.66. The number of halogens is 1. The summed E-state index contributed by atoms with van der Waals surface area (Å²) in [5, 5.41) is 3.47. The fraction of sp³-hybridized carbons (Fsp3) is 0.222. The van der Waals surface area contributed by atoms with Gasteiger partial charge in [-0.15, -0.1) is 0 Å². The normalized spacial score (nSPS) is 19.8. The van der Waals surface area contributed by atoms with Crippen molar-refractivity contribution in [2.45, 2.75) is 23.5 Å². The van der Waals surface area contributed by atoms with Crippen LogP contribution in [0.1, 0.15) is 12.5 Å². The van der Waals surface area contributed by atoms with Gasteiger partial charge in [-0.3, -0.25) is 9.59 Å². The van der Waals surface area contributed by atoms with Crippen LogP contribution in [-0.2, 0) is 9.59 Å². The molecule has 0 saturated carbocycles. The molecule has 1 atom stereocenters. The monoisotopic (exact) mass is 360 g/mol. The number of nitrogens with one attached hydrogen (secondary N) is 1. The number of carbonyl (C=O) groups excluding carboxylic acids is 2. The van der Waals surface area contributed by atoms with Crippen LogP contribution in [0.2, 0.25) is 5.02 Å². The van der Waals surface area contributed by atoms with E-state index in [2.05, 4.69) is 5.32 Å². The summed E-state index contributed by atoms with van der Waals surface area (Å²) in [7, 11) is 1.69. The maximum Gasteiger partial charge on any atom is 0.252 e. The molecular formula is C18H17ClN2O2S. The molecule has 1 N–H and O–H groups in total. The predicted octanol–water partition coefficient (Wildman–Crippen LogP) is 4.11. The molecule has 0 aromatic heterocycles. The summed E-state index contributed by atoms with van der Waals surface area (Å²) < 4.78 is -1.23. The summed E-state index contributed by atoms with van der Waals surface area (Å²) in [6.45, 7) is 3.52. The second-order valence-electron chi connectivity index (χ2n) is 5.88. The molecule has 1 unspecified atom stereocenters. The second-order valence-corrected chi connectivity index (χ2v) is 7.78. The van der Waals surface area contributed by atoms with Gasteiger partial charge in [-0.2, -0.15) is 0 Å². The lowest BCUT2D eigenvalue weighted by Gasteiger charge is -2.37. The standard InChI is InChI=1S/C18H17ClN2O2S/c1-11-10-12(19)8-9-13(11)20-16(22)18(2)17(23)21(3)14-6-4-5-7-15(14)24-18/h4-10H,1-3H3,(H,20,22). The number of para-hydroxylation sites is 1. The Labute approximate surface area is 150 Å². The van der Waals surface area contributed by atoms with E-state index in [-0.39, 0.29) is 11.8 Å². The summed E-state index contributed by atoms with van der Waals surface area (Å²) >= 11 is 7.23. The minimum atomic E-state index is -1.23. The van der Waals surface area contributed by atoms with Gasteiger partial charge in [0, 0.05) is 22.7 Å². The number of benzene rings is 2. The highest BCUT2D eigenvalue weighted by atomic mass is 35.5. The van der Waals surface area contributed by atoms with Crippen molar-refractivity contribution in [3.05, 3.63) is 53.1 Å². The summed E-state index contributed by atoms with van der Waals surface area (Å²) in [4.78, 5) is 28.1. The number of carbonyl (C=O) groups is 2. The fourth-order valence-electron chi connectivity index (χ4n) is 2.67. The minimum absolute atomic E-state index is 0.240. The average Bonchev–Trinajstić information content (AvgIpc) is 2.55. The Morgan fingerprint density at radius 1 is 1.25 bits per heavy atom. The highest BCUT2D eigenvalue weighted by Crippen LogP contribution is 2.45. The van der Waals surface area contributed by atoms with Gasteiger partial charge in [-0.05, 0) is 49.7 Å². The number of aryl methyl sites for hydroxylation is 1. The highest BCUT2D eigenvalue weighted by molar-refractivity contribution is 8.02. The number of amides is 2. The van der Waals surface area contributed by atoms with Crippen LogP contribution in [0.25, 0.3) is 0 Å². The number of fused-ring (bicyclic) bond motifs is 1. The molecule has 2 amide bonds. The molecule has 24 heavy (non-hydrogen) atoms. The Balaban J connectivity index is 1.93. The van der Waals surface area contributed by atoms with E-state index in [4.69, 9.17) is 11.6 Å². The molecule has 0 bridgehead atoms. The number of anilines is 2. The Hall–Kier alpha value is -1.98. The fourth-order valence-corrected chi connectivity index (χ4v) is 4.16. The van der Waals surface area contributed by atoms with Gasteiger partial charge in [-0.1, -0.05) is 35.5 Å². The number of nitrogens with zero attached hydrogens (tertiary/aromatic N) is 1. The van der Waals surface area contributed by atoms with Crippen LogP contribution in [0.15, 0.2) is 47.4 Å². The van der Waals surface area contributed by atoms with Crippen LogP contribution in [0, 0.1) is 6.92 Å². The Bertz CT molecular complexity index is 840. The molecule has 3 rings (SSSR count). The summed E-state index contributed by atoms with van der Waals surface area (Å²) in [6, 6.07) is 12.8. The predicted molar refractivity (Wildman–Crippen MR) is 98.9 cm³/mol. The number of rotatable bonds is 2. The van der Waals surface area contributed by atoms with Gasteiger partial charge in [0.2, 0.25) is 5.91 Å². The Kier molecular flexibility index (Phi) is 4.32. The van der Waals surface area contributed by atoms with Crippen LogP contribution in [0.5, 0.6) is 0 Å². The van der Waals surface area contributed by atoms with E-state index >= 15 is 0 Å². The topological polar surface area (TPSA) is 49.4 Å². The number of thioether (sulfide) groups is 1. The first-order valence-electron chi connectivity index (χ1n) is 7.47. The van der Waals surface area contributed by atoms with Crippen molar-refractivity contribution in [3.8, 4) is 0 Å². The van der Waals surface area contributed by atoms with Crippen molar-refractivity contribution in [2.75, 3.05) is 17.3 Å². The third kappa shape index (κ3) is 2.78. The van der Waals surface area contributed by atoms with Gasteiger partial charge < -0.3 is 10.2 Å². The lowest BCUT2D eigenvalue weighted by Crippen LogP contribution is -2.53. The van der Waals surface area contributed by atoms with Gasteiger partial charge >= 0.3 is 0 Å². The third-order valence-corrected chi connectivity index (χ3v) is 5.69. The van der Waals surface area contributed by atoms with Crippen LogP contribution in [-0.4, -0.2) is 23.6 Å². The Morgan fingerprint density at radius 3 is 2.67 bits per heavy atom. The van der Waals surface area contributed by atoms with Crippen LogP contribution in [0.4, 0.5) is 11.4 Å². The van der Waals surface area contributed by atoms with Crippen molar-refractivity contribution in [1.29, 1.82) is 0 Å². The molecule has 0 fully saturated rings. The van der Waals surface area contributed by atoms with Gasteiger partial charge in [-0.25, -0.2) is 0 Å². The van der Waals surface area contributed by atoms with Crippen LogP contribution >= 0.6 is 23.4 Å². The summed E-state index contributed by atoms with van der Waals surface area (Å²) in [6.07, 6.45) is 0. The first kappa shape index (κ1) is 16.9. The van der Waals surface area contributed by atoms with E-state index in [9.17, 15) is 9.59 Å². The van der Waals surface area contributed by atoms with Gasteiger partial charge in [0.1, 0.15) is 0 Å². The molecule has 1 heterocycles. The quantitative estimate of drug-likeness (QED) is 0.820. The smallest absolute Gasteiger partial charge is 0.252 e. The second kappa shape index (κ2) is 6.15. The largest absolute Gasteiger partial charge is 0.324 e. The lowest BCUT2D eigenvalue weighted by molar-refractivity contribution is -0.128. The van der Waals surface area contributed by atoms with Crippen molar-refractivity contribution in [3.63, 3.8) is 0 Å². The maximum absolute atomic E-state index is 12.9. The highest BCUT2D eigenvalue weighted by Gasteiger charge is 2.48. The molecule has 0 saturated heterocycles. The zero-order valence-electron chi connectivity index (χ0n) is 13.6. The molecule has 1 aliphatic heterocycles. The molecule has 124 valence electrons. The van der Waals surface area contributed by atoms with E-state index in [1.165, 1.54) is 11.8 Å². The van der Waals surface area contributed by atoms with Gasteiger partial charge in [0.25, 0.3) is 5.91 Å². The summed E-state index contributed by atoms with van der Waals surface area (Å²) in [5.74, 6) is -0.584. The van der Waals surface area contributed by atoms with Crippen molar-refractivity contribution < 1.29 is 9.59 Å². The molecule has 2 aromatic rings. The zero-order valence-corrected chi connectivity index (χ0v) is 15.2. The van der Waals surface area contributed by atoms with Crippen molar-refractivity contribution >= 4 is 46.6 Å². The molecule has 4 nitrogen and oxygen atoms in total. The molecule has 0 spiro atoms. The Morgan fingerprint density at radius 2 is 1.96 bits per heavy atom. The lowest BCUT2D eigenvalue weighted by atomic mass is 10.1. The van der Waals surface area contributed by atoms with E-state index < -0.39 is 4.75 Å². The van der Waals surface area contributed by atoms with Gasteiger partial charge in [0.05, 0.1) is 5.69 Å². The minimum Gasteiger partial charge on any atom is -0.324 e. The number of hydrogen-bond acceptors (Lipinski definition) is 3. The average molecular weight is 361 g/mol. The third-order valence-electron chi connectivity index (χ3n) is 4.12. The van der Waals surface area contributed by atoms with Crippen molar-refractivity contribution in [2.24, 2.45) is 0 Å². The molecule has 6 heteroatoms. The first-order chi connectivity index (χ1) is 11.3. The molecule has 0 aliphatic carbocycles. The summed E-state index contributed by atoms with van der Waals surface area (Å²) in [5.41, 5.74) is 2.32. The van der Waals surface area contributed by atoms with E-state index in [1.54, 1.807) is 37.1 Å². The van der Waals surface area contributed by atoms with E-state index in [1.807, 2.05) is 31.2 Å². The molecule has 1 aliphatic rings.